The van der Waals surface area contributed by atoms with E-state index in [1.54, 1.807) is 0 Å². The van der Waals surface area contributed by atoms with Gasteiger partial charge in [0, 0.05) is 38.5 Å². The molecule has 0 aliphatic carbocycles. The second-order valence-electron chi connectivity index (χ2n) is 16.7. The third-order valence-corrected chi connectivity index (χ3v) is 17.6. The van der Waals surface area contributed by atoms with Crippen LogP contribution in [0.2, 0.25) is 0 Å². The summed E-state index contributed by atoms with van der Waals surface area (Å²) in [5.41, 5.74) is 11.9. The van der Waals surface area contributed by atoms with E-state index in [9.17, 15) is 0 Å². The quantitative estimate of drug-likeness (QED) is 0.0626. The third-order valence-electron chi connectivity index (χ3n) is 13.0. The molecule has 67 heavy (non-hydrogen) atoms. The Morgan fingerprint density at radius 1 is 0.478 bits per heavy atom. The van der Waals surface area contributed by atoms with Gasteiger partial charge in [0.1, 0.15) is 25.3 Å². The van der Waals surface area contributed by atoms with Crippen molar-refractivity contribution < 1.29 is 26.0 Å². The molecule has 2 aromatic heterocycles. The van der Waals surface area contributed by atoms with Crippen molar-refractivity contribution in [3.8, 4) is 39.2 Å². The molecule has 0 atom stereocenters. The molecule has 1 aliphatic heterocycles. The van der Waals surface area contributed by atoms with Crippen molar-refractivity contribution in [1.82, 2.24) is 9.55 Å². The summed E-state index contributed by atoms with van der Waals surface area (Å²) >= 11 is 0. The second-order valence-corrected chi connectivity index (χ2v) is 20.4. The van der Waals surface area contributed by atoms with Gasteiger partial charge < -0.3 is 4.57 Å². The number of anilines is 3. The molecule has 1 N–H and O–H groups in total. The summed E-state index contributed by atoms with van der Waals surface area (Å²) in [6.07, 6.45) is 1.96. The van der Waals surface area contributed by atoms with E-state index in [1.807, 2.05) is 23.4 Å². The zero-order valence-corrected chi connectivity index (χ0v) is 39.8. The predicted molar refractivity (Wildman–Crippen MR) is 275 cm³/mol. The summed E-state index contributed by atoms with van der Waals surface area (Å²) in [6.45, 7) is 0. The normalized spacial score (nSPS) is 12.3. The minimum absolute atomic E-state index is 0. The number of benzene rings is 9. The second kappa shape index (κ2) is 17.7. The van der Waals surface area contributed by atoms with Crippen LogP contribution in [0, 0.1) is 12.1 Å². The Hall–Kier alpha value is -7.60. The van der Waals surface area contributed by atoms with E-state index >= 15 is 0 Å². The van der Waals surface area contributed by atoms with Crippen LogP contribution in [0.5, 0.6) is 0 Å². The Morgan fingerprint density at radius 3 is 1.72 bits per heavy atom. The molecule has 3 heterocycles. The van der Waals surface area contributed by atoms with E-state index in [1.165, 1.54) is 21.5 Å². The Kier molecular flexibility index (Phi) is 11.1. The number of pyridine rings is 1. The summed E-state index contributed by atoms with van der Waals surface area (Å²) in [5, 5.41) is 10.9. The van der Waals surface area contributed by atoms with Gasteiger partial charge in [0.25, 0.3) is 0 Å². The fourth-order valence-electron chi connectivity index (χ4n) is 10.1. The molecule has 1 aliphatic rings. The molecule has 11 aromatic rings. The molecule has 5 nitrogen and oxygen atoms in total. The fraction of sp³-hybridized carbons (Fsp3) is 0.0167. The first-order valence-corrected chi connectivity index (χ1v) is 24.3. The molecular weight excluding hydrogens is 1020 g/mol. The van der Waals surface area contributed by atoms with Gasteiger partial charge in [-0.05, 0) is 79.5 Å². The molecular formula is C60H43N4OPtSi-. The van der Waals surface area contributed by atoms with Gasteiger partial charge in [-0.25, -0.2) is 4.98 Å². The van der Waals surface area contributed by atoms with Gasteiger partial charge in [0.15, 0.2) is 0 Å². The van der Waals surface area contributed by atoms with Crippen molar-refractivity contribution in [3.63, 3.8) is 0 Å². The predicted octanol–water partition coefficient (Wildman–Crippen LogP) is 11.6. The van der Waals surface area contributed by atoms with Crippen LogP contribution in [0.15, 0.2) is 237 Å². The molecule has 7 heteroatoms. The number of nitrogens with zero attached hydrogens (tertiary/aromatic N) is 4. The first-order chi connectivity index (χ1) is 32.7. The SMILES string of the molecule is CN1[OH+]N(c2[c-]c([Si](c3[c-]c4c(cc3)c3ccccc3n4-c3cc(-c4c(-c5ccccc5)cccc4-c4ccccc4)ccn3)(c3ccccc3)c3ccccc3)ccc2)c2ccccc21.[Pt]. The van der Waals surface area contributed by atoms with E-state index in [0.29, 0.717) is 0 Å². The number of fused-ring (bicyclic) bond motifs is 4. The van der Waals surface area contributed by atoms with Crippen LogP contribution in [0.25, 0.3) is 61.0 Å². The average molecular weight is 1060 g/mol. The average Bonchev–Trinajstić information content (AvgIpc) is 3.92. The molecule has 0 unspecified atom stereocenters. The molecule has 12 rings (SSSR count). The third kappa shape index (κ3) is 7.13. The molecule has 0 spiro atoms. The maximum absolute atomic E-state index is 5.19. The first-order valence-electron chi connectivity index (χ1n) is 22.3. The molecule has 0 bridgehead atoms. The molecule has 0 saturated carbocycles. The van der Waals surface area contributed by atoms with Gasteiger partial charge >= 0.3 is 0 Å². The van der Waals surface area contributed by atoms with Crippen molar-refractivity contribution >= 4 is 67.7 Å². The first kappa shape index (κ1) is 42.1. The summed E-state index contributed by atoms with van der Waals surface area (Å²) < 4.78 is 2.32. The number of rotatable bonds is 9. The van der Waals surface area contributed by atoms with Crippen LogP contribution < -0.4 is 30.9 Å². The minimum atomic E-state index is -3.16. The van der Waals surface area contributed by atoms with Gasteiger partial charge in [-0.3, -0.25) is 0 Å². The van der Waals surface area contributed by atoms with Crippen LogP contribution >= 0.6 is 0 Å². The Bertz CT molecular complexity index is 3450. The van der Waals surface area contributed by atoms with E-state index in [0.717, 1.165) is 77.3 Å². The standard InChI is InChI=1S/C60H42N4OSi.Pt/c1-62-56-34-16-17-35-57(56)64(65-62)46-24-18-29-49(41-46)66(47-25-10-4-11-26-47,48-27-12-5-13-28-48)50-36-37-54-53-30-14-15-33-55(53)63(58(54)42-50)59-40-45(38-39-61-59)60-51(43-20-6-2-7-21-43)31-19-32-52(60)44-22-8-3-9-23-44;/h2-40H,1H3;/q-2;/p+1. The van der Waals surface area contributed by atoms with Crippen molar-refractivity contribution in [2.75, 3.05) is 17.2 Å². The molecule has 9 aromatic carbocycles. The van der Waals surface area contributed by atoms with Crippen molar-refractivity contribution in [2.45, 2.75) is 0 Å². The topological polar surface area (TPSA) is 37.1 Å². The number of hydroxylamine groups is 1. The van der Waals surface area contributed by atoms with Crippen LogP contribution in [0.4, 0.5) is 17.1 Å². The van der Waals surface area contributed by atoms with Crippen molar-refractivity contribution in [2.24, 2.45) is 0 Å². The molecule has 0 saturated heterocycles. The van der Waals surface area contributed by atoms with Crippen LogP contribution in [0.3, 0.4) is 0 Å². The van der Waals surface area contributed by atoms with E-state index < -0.39 is 8.07 Å². The number of hydrogen-bond acceptors (Lipinski definition) is 3. The molecule has 324 valence electrons. The zero-order valence-electron chi connectivity index (χ0n) is 36.6. The molecule has 0 amide bonds. The van der Waals surface area contributed by atoms with Crippen LogP contribution in [0.1, 0.15) is 0 Å². The van der Waals surface area contributed by atoms with Gasteiger partial charge in [0.2, 0.25) is 0 Å². The van der Waals surface area contributed by atoms with E-state index in [-0.39, 0.29) is 21.1 Å². The number of aromatic nitrogens is 2. The van der Waals surface area contributed by atoms with E-state index in [4.69, 9.17) is 9.92 Å². The van der Waals surface area contributed by atoms with Gasteiger partial charge in [-0.2, -0.15) is 51.7 Å². The summed E-state index contributed by atoms with van der Waals surface area (Å²) in [5.74, 6) is 0.827. The Morgan fingerprint density at radius 2 is 1.04 bits per heavy atom. The summed E-state index contributed by atoms with van der Waals surface area (Å²) in [6, 6.07) is 90.7. The Labute approximate surface area is 406 Å². The maximum Gasteiger partial charge on any atom is 0.145 e. The van der Waals surface area contributed by atoms with E-state index in [2.05, 4.69) is 247 Å². The zero-order chi connectivity index (χ0) is 44.0. The van der Waals surface area contributed by atoms with Crippen molar-refractivity contribution in [3.05, 3.63) is 249 Å². The molecule has 0 fully saturated rings. The van der Waals surface area contributed by atoms with Crippen LogP contribution in [-0.4, -0.2) is 29.6 Å². The fourth-order valence-corrected chi connectivity index (χ4v) is 14.6. The number of para-hydroxylation sites is 3. The van der Waals surface area contributed by atoms with Crippen LogP contribution in [-0.2, 0) is 21.1 Å². The minimum Gasteiger partial charge on any atom is -0.319 e. The van der Waals surface area contributed by atoms with Crippen molar-refractivity contribution in [1.29, 1.82) is 0 Å². The summed E-state index contributed by atoms with van der Waals surface area (Å²) in [7, 11) is -1.17. The van der Waals surface area contributed by atoms with Gasteiger partial charge in [-0.1, -0.05) is 175 Å². The largest absolute Gasteiger partial charge is 0.319 e. The summed E-state index contributed by atoms with van der Waals surface area (Å²) in [4.78, 5) is 10.2. The van der Waals surface area contributed by atoms with Gasteiger partial charge in [-0.15, -0.1) is 21.6 Å². The molecule has 0 radical (unpaired) electrons. The smallest absolute Gasteiger partial charge is 0.145 e. The monoisotopic (exact) mass is 1060 g/mol. The Balaban J connectivity index is 0.00000494. The van der Waals surface area contributed by atoms with Gasteiger partial charge in [0.05, 0.1) is 7.05 Å². The maximum atomic E-state index is 5.19. The number of hydrogen-bond donors (Lipinski definition) is 0.